The molecule has 2 nitrogen and oxygen atoms in total. The van der Waals surface area contributed by atoms with Crippen molar-refractivity contribution in [3.8, 4) is 11.1 Å². The number of benzene rings is 8. The summed E-state index contributed by atoms with van der Waals surface area (Å²) < 4.78 is 4.94. The molecular weight excluding hydrogens is 665 g/mol. The molecule has 258 valence electrons. The number of aromatic nitrogens is 2. The van der Waals surface area contributed by atoms with Crippen LogP contribution < -0.4 is 0 Å². The molecule has 0 aliphatic heterocycles. The molecule has 11 aromatic rings. The van der Waals surface area contributed by atoms with E-state index in [-0.39, 0.29) is 5.92 Å². The predicted octanol–water partition coefficient (Wildman–Crippen LogP) is 12.8. The van der Waals surface area contributed by atoms with Crippen molar-refractivity contribution in [3.05, 3.63) is 239 Å². The number of hydrogen-bond acceptors (Lipinski definition) is 0. The number of rotatable bonds is 6. The molecule has 0 N–H and O–H groups in total. The molecule has 2 heteroatoms. The molecule has 3 heterocycles. The molecule has 0 spiro atoms. The Morgan fingerprint density at radius 1 is 0.418 bits per heavy atom. The molecule has 1 aliphatic rings. The van der Waals surface area contributed by atoms with Crippen LogP contribution in [0.3, 0.4) is 0 Å². The minimum Gasteiger partial charge on any atom is -0.293 e. The van der Waals surface area contributed by atoms with Crippen molar-refractivity contribution >= 4 is 43.9 Å². The van der Waals surface area contributed by atoms with E-state index < -0.39 is 5.41 Å². The molecule has 3 aromatic heterocycles. The lowest BCUT2D eigenvalue weighted by molar-refractivity contribution is 0.764. The molecule has 55 heavy (non-hydrogen) atoms. The van der Waals surface area contributed by atoms with Gasteiger partial charge in [-0.15, -0.1) is 0 Å². The van der Waals surface area contributed by atoms with Crippen LogP contribution in [0.25, 0.3) is 55.0 Å². The van der Waals surface area contributed by atoms with E-state index in [4.69, 9.17) is 0 Å². The molecule has 0 saturated carbocycles. The predicted molar refractivity (Wildman–Crippen MR) is 228 cm³/mol. The Hall–Kier alpha value is -6.90. The Balaban J connectivity index is 1.10. The van der Waals surface area contributed by atoms with E-state index >= 15 is 0 Å². The van der Waals surface area contributed by atoms with E-state index in [2.05, 4.69) is 209 Å². The van der Waals surface area contributed by atoms with Crippen LogP contribution in [-0.4, -0.2) is 8.80 Å². The summed E-state index contributed by atoms with van der Waals surface area (Å²) in [6.07, 6.45) is 0.876. The van der Waals surface area contributed by atoms with Crippen molar-refractivity contribution in [3.63, 3.8) is 0 Å². The quantitative estimate of drug-likeness (QED) is 0.163. The first-order chi connectivity index (χ1) is 27.3. The van der Waals surface area contributed by atoms with Gasteiger partial charge in [-0.05, 0) is 86.8 Å². The number of fused-ring (bicyclic) bond motifs is 12. The highest BCUT2D eigenvalue weighted by Gasteiger charge is 2.46. The fraction of sp³-hybridized carbons (Fsp3) is 0.0566. The summed E-state index contributed by atoms with van der Waals surface area (Å²) in [5.41, 5.74) is 17.9. The zero-order valence-corrected chi connectivity index (χ0v) is 30.2. The van der Waals surface area contributed by atoms with E-state index in [9.17, 15) is 0 Å². The average molecular weight is 701 g/mol. The van der Waals surface area contributed by atoms with E-state index in [1.165, 1.54) is 93.9 Å². The Morgan fingerprint density at radius 2 is 0.982 bits per heavy atom. The molecule has 1 aliphatic carbocycles. The van der Waals surface area contributed by atoms with Gasteiger partial charge < -0.3 is 0 Å². The van der Waals surface area contributed by atoms with E-state index in [1.54, 1.807) is 0 Å². The lowest BCUT2D eigenvalue weighted by Gasteiger charge is -2.34. The van der Waals surface area contributed by atoms with Crippen LogP contribution in [0.2, 0.25) is 0 Å². The molecule has 12 rings (SSSR count). The normalized spacial score (nSPS) is 14.0. The minimum absolute atomic E-state index is 0.148. The van der Waals surface area contributed by atoms with Gasteiger partial charge in [0, 0.05) is 22.1 Å². The SMILES string of the molecule is c1ccc([C@@H](Cc2cccc3c2-c2ccccc2C3(c2ccccc2)c2ccccc2)c2ccc3c(c2)c2c4ccccc4n4c5ccccc5n3c24)cc1. The smallest absolute Gasteiger partial charge is 0.131 e. The van der Waals surface area contributed by atoms with Crippen LogP contribution in [0.4, 0.5) is 0 Å². The Bertz CT molecular complexity index is 3180. The van der Waals surface area contributed by atoms with Crippen LogP contribution in [0.5, 0.6) is 0 Å². The van der Waals surface area contributed by atoms with E-state index in [0.717, 1.165) is 6.42 Å². The van der Waals surface area contributed by atoms with Gasteiger partial charge in [-0.3, -0.25) is 8.80 Å². The zero-order valence-electron chi connectivity index (χ0n) is 30.2. The summed E-state index contributed by atoms with van der Waals surface area (Å²) in [6, 6.07) is 74.6. The van der Waals surface area contributed by atoms with Crippen molar-refractivity contribution in [1.29, 1.82) is 0 Å². The lowest BCUT2D eigenvalue weighted by atomic mass is 9.67. The fourth-order valence-electron chi connectivity index (χ4n) is 10.4. The van der Waals surface area contributed by atoms with E-state index in [1.807, 2.05) is 0 Å². The maximum atomic E-state index is 2.51. The summed E-state index contributed by atoms with van der Waals surface area (Å²) in [6.45, 7) is 0. The third-order valence-electron chi connectivity index (χ3n) is 12.6. The molecule has 8 aromatic carbocycles. The van der Waals surface area contributed by atoms with Crippen LogP contribution >= 0.6 is 0 Å². The Kier molecular flexibility index (Phi) is 6.41. The molecule has 0 fully saturated rings. The minimum atomic E-state index is -0.418. The van der Waals surface area contributed by atoms with Crippen molar-refractivity contribution in [2.24, 2.45) is 0 Å². The van der Waals surface area contributed by atoms with Gasteiger partial charge in [0.2, 0.25) is 0 Å². The largest absolute Gasteiger partial charge is 0.293 e. The highest BCUT2D eigenvalue weighted by molar-refractivity contribution is 6.24. The van der Waals surface area contributed by atoms with E-state index in [0.29, 0.717) is 0 Å². The highest BCUT2D eigenvalue weighted by Crippen LogP contribution is 2.57. The average Bonchev–Trinajstić information content (AvgIpc) is 3.97. The summed E-state index contributed by atoms with van der Waals surface area (Å²) in [4.78, 5) is 0. The Labute approximate surface area is 319 Å². The van der Waals surface area contributed by atoms with Gasteiger partial charge in [-0.1, -0.05) is 170 Å². The van der Waals surface area contributed by atoms with Crippen molar-refractivity contribution < 1.29 is 0 Å². The van der Waals surface area contributed by atoms with Crippen LogP contribution in [0, 0.1) is 0 Å². The second-order valence-corrected chi connectivity index (χ2v) is 15.2. The standard InChI is InChI=1S/C53H36N2/c1-4-17-35(18-5-1)42(36-31-32-47-43(33-36)51-41-25-11-13-28-46(41)54-48-29-14-15-30-49(48)55(47)52(51)54)34-37-19-16-27-45-50(37)40-24-10-12-26-44(40)53(45,38-20-6-2-7-21-38)39-22-8-3-9-23-39/h1-33,42H,34H2/t42-/m1/s1. The fourth-order valence-corrected chi connectivity index (χ4v) is 10.4. The van der Waals surface area contributed by atoms with Crippen molar-refractivity contribution in [1.82, 2.24) is 8.80 Å². The van der Waals surface area contributed by atoms with Crippen molar-refractivity contribution in [2.75, 3.05) is 0 Å². The molecule has 0 saturated heterocycles. The van der Waals surface area contributed by atoms with Gasteiger partial charge in [0.25, 0.3) is 0 Å². The highest BCUT2D eigenvalue weighted by atomic mass is 15.1. The van der Waals surface area contributed by atoms with Gasteiger partial charge in [-0.2, -0.15) is 0 Å². The Morgan fingerprint density at radius 3 is 1.69 bits per heavy atom. The molecule has 0 bridgehead atoms. The van der Waals surface area contributed by atoms with Gasteiger partial charge in [0.05, 0.1) is 27.5 Å². The first-order valence-corrected chi connectivity index (χ1v) is 19.4. The van der Waals surface area contributed by atoms with Gasteiger partial charge >= 0.3 is 0 Å². The number of imidazole rings is 1. The van der Waals surface area contributed by atoms with Crippen molar-refractivity contribution in [2.45, 2.75) is 17.8 Å². The molecule has 1 atom stereocenters. The maximum absolute atomic E-state index is 2.51. The van der Waals surface area contributed by atoms with Gasteiger partial charge in [0.15, 0.2) is 0 Å². The zero-order chi connectivity index (χ0) is 36.1. The number of para-hydroxylation sites is 3. The third-order valence-corrected chi connectivity index (χ3v) is 12.6. The first-order valence-electron chi connectivity index (χ1n) is 19.4. The summed E-state index contributed by atoms with van der Waals surface area (Å²) >= 11 is 0. The molecule has 0 amide bonds. The summed E-state index contributed by atoms with van der Waals surface area (Å²) in [5.74, 6) is 0.148. The molecule has 0 unspecified atom stereocenters. The number of nitrogens with zero attached hydrogens (tertiary/aromatic N) is 2. The topological polar surface area (TPSA) is 8.82 Å². The third kappa shape index (κ3) is 4.09. The van der Waals surface area contributed by atoms with Crippen LogP contribution in [-0.2, 0) is 11.8 Å². The van der Waals surface area contributed by atoms with Crippen LogP contribution in [0.15, 0.2) is 200 Å². The molecule has 0 radical (unpaired) electrons. The molecular formula is C53H36N2. The maximum Gasteiger partial charge on any atom is 0.131 e. The second-order valence-electron chi connectivity index (χ2n) is 15.2. The first kappa shape index (κ1) is 30.6. The second kappa shape index (κ2) is 11.5. The summed E-state index contributed by atoms with van der Waals surface area (Å²) in [7, 11) is 0. The number of hydrogen-bond donors (Lipinski definition) is 0. The van der Waals surface area contributed by atoms with Gasteiger partial charge in [-0.25, -0.2) is 0 Å². The van der Waals surface area contributed by atoms with Crippen LogP contribution in [0.1, 0.15) is 44.9 Å². The summed E-state index contributed by atoms with van der Waals surface area (Å²) in [5, 5.41) is 3.95. The lowest BCUT2D eigenvalue weighted by Crippen LogP contribution is -2.28. The monoisotopic (exact) mass is 700 g/mol. The van der Waals surface area contributed by atoms with Gasteiger partial charge in [0.1, 0.15) is 5.65 Å².